The fraction of sp³-hybridized carbons (Fsp3) is 0.438. The van der Waals surface area contributed by atoms with Gasteiger partial charge in [0.05, 0.1) is 12.4 Å². The van der Waals surface area contributed by atoms with E-state index in [1.54, 1.807) is 17.0 Å². The minimum atomic E-state index is -0.571. The van der Waals surface area contributed by atoms with Gasteiger partial charge in [-0.3, -0.25) is 4.79 Å². The molecule has 1 saturated heterocycles. The number of aromatic nitrogens is 3. The topological polar surface area (TPSA) is 77.0 Å². The van der Waals surface area contributed by atoms with Crippen LogP contribution < -0.4 is 5.73 Å². The largest absolute Gasteiger partial charge is 0.334 e. The Bertz CT molecular complexity index is 688. The number of halogens is 1. The van der Waals surface area contributed by atoms with Crippen molar-refractivity contribution in [3.63, 3.8) is 0 Å². The summed E-state index contributed by atoms with van der Waals surface area (Å²) in [5, 5.41) is 8.03. The lowest BCUT2D eigenvalue weighted by atomic mass is 9.90. The molecule has 1 fully saturated rings. The molecular formula is C16H20FN5O. The van der Waals surface area contributed by atoms with Crippen molar-refractivity contribution >= 4 is 5.91 Å². The molecule has 1 aliphatic heterocycles. The van der Waals surface area contributed by atoms with Crippen molar-refractivity contribution in [3.8, 4) is 5.69 Å². The Labute approximate surface area is 134 Å². The number of likely N-dealkylation sites (tertiary alicyclic amines) is 1. The van der Waals surface area contributed by atoms with E-state index in [2.05, 4.69) is 17.1 Å². The molecule has 23 heavy (non-hydrogen) atoms. The minimum absolute atomic E-state index is 0.00347. The van der Waals surface area contributed by atoms with Crippen LogP contribution in [0.3, 0.4) is 0 Å². The lowest BCUT2D eigenvalue weighted by Gasteiger charge is -2.39. The summed E-state index contributed by atoms with van der Waals surface area (Å²) in [6, 6.07) is 4.39. The molecule has 1 unspecified atom stereocenters. The van der Waals surface area contributed by atoms with Gasteiger partial charge in [-0.05, 0) is 30.9 Å². The van der Waals surface area contributed by atoms with E-state index in [-0.39, 0.29) is 17.5 Å². The van der Waals surface area contributed by atoms with Crippen molar-refractivity contribution in [2.75, 3.05) is 13.1 Å². The minimum Gasteiger partial charge on any atom is -0.334 e. The second kappa shape index (κ2) is 6.45. The Hall–Kier alpha value is -2.28. The average Bonchev–Trinajstić information content (AvgIpc) is 3.08. The summed E-state index contributed by atoms with van der Waals surface area (Å²) < 4.78 is 14.4. The van der Waals surface area contributed by atoms with Gasteiger partial charge in [0.15, 0.2) is 0 Å². The van der Waals surface area contributed by atoms with E-state index in [0.29, 0.717) is 24.7 Å². The molecule has 1 aliphatic rings. The first kappa shape index (κ1) is 15.6. The van der Waals surface area contributed by atoms with Crippen molar-refractivity contribution in [2.45, 2.75) is 25.8 Å². The Morgan fingerprint density at radius 1 is 1.39 bits per heavy atom. The molecule has 0 saturated carbocycles. The molecule has 2 atom stereocenters. The number of hydrogen-bond acceptors (Lipinski definition) is 4. The number of carbonyl (C=O) groups excluding carboxylic acids is 1. The highest BCUT2D eigenvalue weighted by Gasteiger charge is 2.33. The van der Waals surface area contributed by atoms with Gasteiger partial charge in [0.2, 0.25) is 0 Å². The number of benzene rings is 1. The fourth-order valence-corrected chi connectivity index (χ4v) is 3.24. The zero-order chi connectivity index (χ0) is 16.4. The van der Waals surface area contributed by atoms with Crippen molar-refractivity contribution < 1.29 is 9.18 Å². The summed E-state index contributed by atoms with van der Waals surface area (Å²) >= 11 is 0. The molecular weight excluding hydrogens is 297 g/mol. The van der Waals surface area contributed by atoms with Crippen molar-refractivity contribution in [1.29, 1.82) is 0 Å². The first-order valence-electron chi connectivity index (χ1n) is 7.79. The van der Waals surface area contributed by atoms with Gasteiger partial charge in [0.1, 0.15) is 17.1 Å². The summed E-state index contributed by atoms with van der Waals surface area (Å²) in [6.45, 7) is 3.04. The molecule has 6 nitrogen and oxygen atoms in total. The van der Waals surface area contributed by atoms with Crippen LogP contribution in [-0.2, 0) is 0 Å². The maximum absolute atomic E-state index is 14.4. The highest BCUT2D eigenvalue weighted by atomic mass is 19.1. The van der Waals surface area contributed by atoms with E-state index < -0.39 is 5.82 Å². The third-order valence-corrected chi connectivity index (χ3v) is 4.46. The van der Waals surface area contributed by atoms with E-state index >= 15 is 0 Å². The number of amides is 1. The Morgan fingerprint density at radius 3 is 2.83 bits per heavy atom. The number of nitrogens with two attached hydrogens (primary N) is 1. The zero-order valence-electron chi connectivity index (χ0n) is 13.0. The highest BCUT2D eigenvalue weighted by molar-refractivity contribution is 5.98. The van der Waals surface area contributed by atoms with Gasteiger partial charge in [0, 0.05) is 19.1 Å². The molecule has 1 amide bonds. The average molecular weight is 317 g/mol. The first-order valence-corrected chi connectivity index (χ1v) is 7.79. The van der Waals surface area contributed by atoms with E-state index in [0.717, 1.165) is 12.8 Å². The van der Waals surface area contributed by atoms with Gasteiger partial charge >= 0.3 is 0 Å². The van der Waals surface area contributed by atoms with Crippen molar-refractivity contribution in [3.05, 3.63) is 42.0 Å². The fourth-order valence-electron chi connectivity index (χ4n) is 3.24. The van der Waals surface area contributed by atoms with Gasteiger partial charge in [-0.1, -0.05) is 13.0 Å². The molecule has 0 spiro atoms. The molecule has 2 aromatic rings. The third-order valence-electron chi connectivity index (χ3n) is 4.46. The third kappa shape index (κ3) is 2.84. The van der Waals surface area contributed by atoms with Crippen LogP contribution in [0.5, 0.6) is 0 Å². The molecule has 3 rings (SSSR count). The second-order valence-electron chi connectivity index (χ2n) is 5.87. The second-order valence-corrected chi connectivity index (χ2v) is 5.87. The zero-order valence-corrected chi connectivity index (χ0v) is 13.0. The smallest absolute Gasteiger partial charge is 0.259 e. The monoisotopic (exact) mass is 317 g/mol. The summed E-state index contributed by atoms with van der Waals surface area (Å²) in [7, 11) is 0. The van der Waals surface area contributed by atoms with Crippen LogP contribution in [0.2, 0.25) is 0 Å². The molecule has 0 aliphatic carbocycles. The van der Waals surface area contributed by atoms with E-state index in [9.17, 15) is 9.18 Å². The predicted octanol–water partition coefficient (Wildman–Crippen LogP) is 1.61. The van der Waals surface area contributed by atoms with Crippen LogP contribution in [-0.4, -0.2) is 44.9 Å². The van der Waals surface area contributed by atoms with Crippen LogP contribution in [0.1, 0.15) is 30.1 Å². The lowest BCUT2D eigenvalue weighted by molar-refractivity contribution is 0.0527. The summed E-state index contributed by atoms with van der Waals surface area (Å²) in [5.41, 5.74) is 6.19. The van der Waals surface area contributed by atoms with Gasteiger partial charge < -0.3 is 10.6 Å². The Morgan fingerprint density at radius 2 is 2.13 bits per heavy atom. The van der Waals surface area contributed by atoms with Crippen LogP contribution in [0, 0.1) is 11.7 Å². The van der Waals surface area contributed by atoms with Gasteiger partial charge in [0.25, 0.3) is 5.91 Å². The predicted molar refractivity (Wildman–Crippen MR) is 83.6 cm³/mol. The normalized spacial score (nSPS) is 21.4. The summed E-state index contributed by atoms with van der Waals surface area (Å²) in [6.07, 6.45) is 4.90. The Kier molecular flexibility index (Phi) is 4.38. The molecule has 1 aromatic carbocycles. The molecule has 0 bridgehead atoms. The highest BCUT2D eigenvalue weighted by Crippen LogP contribution is 2.27. The van der Waals surface area contributed by atoms with Crippen molar-refractivity contribution in [2.24, 2.45) is 11.7 Å². The molecule has 0 radical (unpaired) electrons. The number of rotatable bonds is 3. The molecule has 2 heterocycles. The number of carbonyl (C=O) groups is 1. The van der Waals surface area contributed by atoms with Crippen LogP contribution in [0.25, 0.3) is 5.69 Å². The summed E-state index contributed by atoms with van der Waals surface area (Å²) in [4.78, 5) is 16.0. The molecule has 122 valence electrons. The van der Waals surface area contributed by atoms with Crippen LogP contribution in [0.15, 0.2) is 30.6 Å². The molecule has 2 N–H and O–H groups in total. The maximum atomic E-state index is 14.4. The van der Waals surface area contributed by atoms with Gasteiger partial charge in [-0.25, -0.2) is 4.39 Å². The number of piperidine rings is 1. The van der Waals surface area contributed by atoms with E-state index in [1.807, 2.05) is 0 Å². The standard InChI is InChI=1S/C16H20FN5O/c1-11-4-3-9-21(14(11)10-18)16(23)15-12(17)5-2-6-13(15)22-19-7-8-20-22/h2,5-8,11,14H,3-4,9-10,18H2,1H3/t11-,14?/m1/s1. The Balaban J connectivity index is 2.02. The van der Waals surface area contributed by atoms with E-state index in [1.165, 1.54) is 23.3 Å². The van der Waals surface area contributed by atoms with Crippen LogP contribution >= 0.6 is 0 Å². The maximum Gasteiger partial charge on any atom is 0.259 e. The first-order chi connectivity index (χ1) is 11.1. The number of nitrogens with zero attached hydrogens (tertiary/aromatic N) is 4. The quantitative estimate of drug-likeness (QED) is 0.933. The van der Waals surface area contributed by atoms with Crippen molar-refractivity contribution in [1.82, 2.24) is 19.9 Å². The van der Waals surface area contributed by atoms with Gasteiger partial charge in [-0.15, -0.1) is 0 Å². The summed E-state index contributed by atoms with van der Waals surface area (Å²) in [5.74, 6) is -0.619. The van der Waals surface area contributed by atoms with E-state index in [4.69, 9.17) is 5.73 Å². The number of hydrogen-bond donors (Lipinski definition) is 1. The SMILES string of the molecule is C[C@@H]1CCCN(C(=O)c2c(F)cccc2-n2nccn2)C1CN. The molecule has 7 heteroatoms. The molecule has 1 aromatic heterocycles. The lowest BCUT2D eigenvalue weighted by Crippen LogP contribution is -2.51. The van der Waals surface area contributed by atoms with Gasteiger partial charge in [-0.2, -0.15) is 15.0 Å². The van der Waals surface area contributed by atoms with Crippen LogP contribution in [0.4, 0.5) is 4.39 Å².